The molecular formula is C41H43I2N3O3. The van der Waals surface area contributed by atoms with Crippen molar-refractivity contribution >= 4 is 40.6 Å². The highest BCUT2D eigenvalue weighted by molar-refractivity contribution is 6.06. The van der Waals surface area contributed by atoms with Crippen molar-refractivity contribution in [2.24, 2.45) is 0 Å². The van der Waals surface area contributed by atoms with Crippen LogP contribution in [-0.2, 0) is 17.4 Å². The lowest BCUT2D eigenvalue weighted by Gasteiger charge is -2.16. The van der Waals surface area contributed by atoms with Gasteiger partial charge in [-0.3, -0.25) is 10.1 Å². The van der Waals surface area contributed by atoms with E-state index in [4.69, 9.17) is 4.74 Å². The van der Waals surface area contributed by atoms with Crippen LogP contribution >= 0.6 is 0 Å². The van der Waals surface area contributed by atoms with Crippen molar-refractivity contribution < 1.29 is 66.8 Å². The summed E-state index contributed by atoms with van der Waals surface area (Å²) in [5.74, 6) is 0.721. The van der Waals surface area contributed by atoms with E-state index in [2.05, 4.69) is 136 Å². The topological polar surface area (TPSA) is 58.4 Å². The minimum atomic E-state index is -0.376. The lowest BCUT2D eigenvalue weighted by atomic mass is 9.81. The summed E-state index contributed by atoms with van der Waals surface area (Å²) in [6.45, 7) is 15.5. The first-order valence-electron chi connectivity index (χ1n) is 16.4. The SMILES string of the molecule is CC[N+]1=C(/C=C/c2ccc(OCc3cccc([N+](=O)[O-])c3)c(/C=C/C3=[N+](CC)c4ccccc4C3(C)C)c2)C(C)(C)c2ccccc21.[I-].[I-]. The molecule has 49 heavy (non-hydrogen) atoms. The van der Waals surface area contributed by atoms with Gasteiger partial charge < -0.3 is 52.7 Å². The second kappa shape index (κ2) is 15.5. The average molecular weight is 880 g/mol. The van der Waals surface area contributed by atoms with Crippen LogP contribution in [0.15, 0.2) is 103 Å². The molecule has 2 heterocycles. The van der Waals surface area contributed by atoms with Gasteiger partial charge in [0.1, 0.15) is 25.4 Å². The Kier molecular flexibility index (Phi) is 12.1. The maximum absolute atomic E-state index is 11.4. The quantitative estimate of drug-likeness (QED) is 0.106. The molecule has 0 spiro atoms. The summed E-state index contributed by atoms with van der Waals surface area (Å²) >= 11 is 0. The smallest absolute Gasteiger partial charge is 0.269 e. The maximum Gasteiger partial charge on any atom is 0.269 e. The van der Waals surface area contributed by atoms with Crippen LogP contribution in [0, 0.1) is 10.1 Å². The molecular weight excluding hydrogens is 836 g/mol. The van der Waals surface area contributed by atoms with E-state index in [0.29, 0.717) is 0 Å². The van der Waals surface area contributed by atoms with E-state index in [9.17, 15) is 10.1 Å². The van der Waals surface area contributed by atoms with Gasteiger partial charge in [-0.1, -0.05) is 54.6 Å². The normalized spacial score (nSPS) is 15.6. The highest BCUT2D eigenvalue weighted by Crippen LogP contribution is 2.41. The van der Waals surface area contributed by atoms with Gasteiger partial charge in [0.25, 0.3) is 5.69 Å². The van der Waals surface area contributed by atoms with E-state index in [-0.39, 0.29) is 76.0 Å². The fourth-order valence-corrected chi connectivity index (χ4v) is 7.16. The lowest BCUT2D eigenvalue weighted by molar-refractivity contribution is -0.433. The van der Waals surface area contributed by atoms with Gasteiger partial charge in [0.05, 0.1) is 15.8 Å². The molecule has 6 nitrogen and oxygen atoms in total. The van der Waals surface area contributed by atoms with Gasteiger partial charge in [0, 0.05) is 53.1 Å². The number of nitro benzene ring substituents is 1. The van der Waals surface area contributed by atoms with Crippen LogP contribution in [0.5, 0.6) is 5.75 Å². The van der Waals surface area contributed by atoms with Crippen LogP contribution in [0.25, 0.3) is 12.2 Å². The Balaban J connectivity index is 0.00000270. The van der Waals surface area contributed by atoms with E-state index in [1.165, 1.54) is 40.0 Å². The summed E-state index contributed by atoms with van der Waals surface area (Å²) in [4.78, 5) is 11.0. The Morgan fingerprint density at radius 3 is 1.80 bits per heavy atom. The molecule has 0 saturated heterocycles. The van der Waals surface area contributed by atoms with Gasteiger partial charge in [-0.15, -0.1) is 0 Å². The highest BCUT2D eigenvalue weighted by atomic mass is 127. The van der Waals surface area contributed by atoms with Crippen molar-refractivity contribution in [3.8, 4) is 5.75 Å². The number of para-hydroxylation sites is 2. The van der Waals surface area contributed by atoms with Gasteiger partial charge in [-0.05, 0) is 77.0 Å². The van der Waals surface area contributed by atoms with Crippen molar-refractivity contribution in [3.05, 3.63) is 141 Å². The number of hydrogen-bond donors (Lipinski definition) is 0. The minimum absolute atomic E-state index is 0. The standard InChI is InChI=1S/C41H43N3O3.2HI/c1-7-42-35-18-11-9-16-33(35)40(3,4)38(42)24-21-29-20-23-37(47-28-30-14-13-15-32(27-30)44(45)46)31(26-29)22-25-39-41(5,6)34-17-10-12-19-36(34)43(39)8-2;;/h9-27H,7-8,28H2,1-6H3;2*1H/q+2;;/p-2/b24-21+,25-22+;;. The molecule has 254 valence electrons. The van der Waals surface area contributed by atoms with Crippen molar-refractivity contribution in [2.75, 3.05) is 13.1 Å². The molecule has 2 aliphatic heterocycles. The third kappa shape index (κ3) is 7.31. The molecule has 0 aliphatic carbocycles. The number of ether oxygens (including phenoxy) is 1. The number of fused-ring (bicyclic) bond motifs is 2. The molecule has 4 aromatic carbocycles. The second-order valence-electron chi connectivity index (χ2n) is 13.2. The zero-order valence-corrected chi connectivity index (χ0v) is 33.2. The fourth-order valence-electron chi connectivity index (χ4n) is 7.16. The Morgan fingerprint density at radius 1 is 0.694 bits per heavy atom. The monoisotopic (exact) mass is 879 g/mol. The molecule has 0 saturated carbocycles. The van der Waals surface area contributed by atoms with Crippen LogP contribution in [0.4, 0.5) is 17.1 Å². The molecule has 2 aliphatic rings. The number of non-ortho nitro benzene ring substituents is 1. The van der Waals surface area contributed by atoms with Crippen molar-refractivity contribution in [2.45, 2.75) is 59.0 Å². The number of allylic oxidation sites excluding steroid dienone is 2. The van der Waals surface area contributed by atoms with Gasteiger partial charge in [0.2, 0.25) is 11.4 Å². The number of benzene rings is 4. The van der Waals surface area contributed by atoms with Crippen LogP contribution in [0.2, 0.25) is 0 Å². The second-order valence-corrected chi connectivity index (χ2v) is 13.2. The first-order valence-corrected chi connectivity index (χ1v) is 16.4. The largest absolute Gasteiger partial charge is 1.00 e. The molecule has 0 radical (unpaired) electrons. The number of nitro groups is 1. The first-order chi connectivity index (χ1) is 22.6. The molecule has 0 bridgehead atoms. The van der Waals surface area contributed by atoms with Gasteiger partial charge >= 0.3 is 0 Å². The molecule has 0 atom stereocenters. The van der Waals surface area contributed by atoms with Crippen LogP contribution in [-0.4, -0.2) is 38.6 Å². The summed E-state index contributed by atoms with van der Waals surface area (Å²) in [6, 6.07) is 30.1. The van der Waals surface area contributed by atoms with E-state index >= 15 is 0 Å². The van der Waals surface area contributed by atoms with Gasteiger partial charge in [-0.25, -0.2) is 0 Å². The Labute approximate surface area is 324 Å². The first kappa shape index (κ1) is 38.2. The number of rotatable bonds is 10. The molecule has 6 rings (SSSR count). The fraction of sp³-hybridized carbons (Fsp3) is 0.268. The predicted octanol–water partition coefficient (Wildman–Crippen LogP) is 3.40. The Morgan fingerprint density at radius 2 is 1.24 bits per heavy atom. The number of hydrogen-bond acceptors (Lipinski definition) is 3. The van der Waals surface area contributed by atoms with E-state index in [1.807, 2.05) is 12.1 Å². The summed E-state index contributed by atoms with van der Waals surface area (Å²) in [5, 5.41) is 11.4. The average Bonchev–Trinajstić information content (AvgIpc) is 3.43. The molecule has 4 aromatic rings. The van der Waals surface area contributed by atoms with Crippen LogP contribution in [0.3, 0.4) is 0 Å². The van der Waals surface area contributed by atoms with Crippen molar-refractivity contribution in [3.63, 3.8) is 0 Å². The molecule has 0 fully saturated rings. The zero-order chi connectivity index (χ0) is 33.3. The summed E-state index contributed by atoms with van der Waals surface area (Å²) in [6.07, 6.45) is 8.80. The van der Waals surface area contributed by atoms with E-state index < -0.39 is 0 Å². The van der Waals surface area contributed by atoms with Gasteiger partial charge in [0.15, 0.2) is 11.4 Å². The van der Waals surface area contributed by atoms with Crippen LogP contribution in [0.1, 0.15) is 69.4 Å². The van der Waals surface area contributed by atoms with Gasteiger partial charge in [-0.2, -0.15) is 9.15 Å². The van der Waals surface area contributed by atoms with Crippen molar-refractivity contribution in [1.29, 1.82) is 0 Å². The number of halogens is 2. The predicted molar refractivity (Wildman–Crippen MR) is 192 cm³/mol. The summed E-state index contributed by atoms with van der Waals surface area (Å²) < 4.78 is 11.1. The molecule has 0 unspecified atom stereocenters. The molecule has 0 amide bonds. The minimum Gasteiger partial charge on any atom is -1.00 e. The Bertz CT molecular complexity index is 2010. The van der Waals surface area contributed by atoms with E-state index in [0.717, 1.165) is 35.5 Å². The zero-order valence-electron chi connectivity index (χ0n) is 28.9. The molecule has 0 aromatic heterocycles. The maximum atomic E-state index is 11.4. The molecule has 0 N–H and O–H groups in total. The summed E-state index contributed by atoms with van der Waals surface area (Å²) in [5.41, 5.74) is 10.2. The highest BCUT2D eigenvalue weighted by Gasteiger charge is 2.44. The van der Waals surface area contributed by atoms with Crippen LogP contribution < -0.4 is 52.7 Å². The number of nitrogens with zero attached hydrogens (tertiary/aromatic N) is 3. The van der Waals surface area contributed by atoms with E-state index in [1.54, 1.807) is 12.1 Å². The Hall–Kier alpha value is -3.64. The lowest BCUT2D eigenvalue weighted by Crippen LogP contribution is -3.00. The molecule has 8 heteroatoms. The summed E-state index contributed by atoms with van der Waals surface area (Å²) in [7, 11) is 0. The third-order valence-electron chi connectivity index (χ3n) is 9.64. The van der Waals surface area contributed by atoms with Crippen molar-refractivity contribution in [1.82, 2.24) is 0 Å². The third-order valence-corrected chi connectivity index (χ3v) is 9.64.